The van der Waals surface area contributed by atoms with Crippen molar-refractivity contribution >= 4 is 32.2 Å². The number of rotatable bonds is 7. The Kier molecular flexibility index (Phi) is 15.4. The molecule has 3 saturated carbocycles. The van der Waals surface area contributed by atoms with E-state index in [-0.39, 0.29) is 14.9 Å². The summed E-state index contributed by atoms with van der Waals surface area (Å²) in [4.78, 5) is 0. The molecule has 0 bridgehead atoms. The predicted octanol–water partition coefficient (Wildman–Crippen LogP) is 11.8. The number of fused-ring (bicyclic) bond motifs is 1. The Morgan fingerprint density at radius 2 is 1.53 bits per heavy atom. The van der Waals surface area contributed by atoms with Crippen LogP contribution in [0.1, 0.15) is 94.6 Å². The molecule has 0 amide bonds. The van der Waals surface area contributed by atoms with Crippen LogP contribution in [0.15, 0.2) is 24.3 Å². The molecule has 36 heavy (non-hydrogen) atoms. The number of unbranched alkanes of at least 4 members (excludes halogenated alkanes) is 1. The van der Waals surface area contributed by atoms with Gasteiger partial charge in [0.05, 0.1) is 0 Å². The Labute approximate surface area is 247 Å². The van der Waals surface area contributed by atoms with Crippen LogP contribution in [0.4, 0.5) is 0 Å². The summed E-state index contributed by atoms with van der Waals surface area (Å²) in [5, 5.41) is 0. The Hall–Kier alpha value is 1.12. The van der Waals surface area contributed by atoms with Gasteiger partial charge in [-0.1, -0.05) is 115 Å². The molecule has 0 aliphatic heterocycles. The van der Waals surface area contributed by atoms with E-state index in [9.17, 15) is 0 Å². The van der Waals surface area contributed by atoms with E-state index >= 15 is 0 Å². The van der Waals surface area contributed by atoms with Crippen LogP contribution in [-0.4, -0.2) is 15.2 Å². The Bertz CT molecular complexity index is 769. The second-order valence-electron chi connectivity index (χ2n) is 12.9. The zero-order chi connectivity index (χ0) is 24.9. The third-order valence-electron chi connectivity index (χ3n) is 11.2. The molecule has 6 atom stereocenters. The molecular weight excluding hydrogens is 591 g/mol. The average Bonchev–Trinajstić information content (AvgIpc) is 3.46. The summed E-state index contributed by atoms with van der Waals surface area (Å²) in [6, 6.07) is 9.35. The zero-order valence-electron chi connectivity index (χ0n) is 24.8. The van der Waals surface area contributed by atoms with Gasteiger partial charge in [-0.25, -0.2) is 0 Å². The molecule has 0 spiro atoms. The van der Waals surface area contributed by atoms with Crippen LogP contribution in [0.2, 0.25) is 37.3 Å². The van der Waals surface area contributed by atoms with Gasteiger partial charge in [-0.2, -0.15) is 0 Å². The molecule has 3 aliphatic rings. The Morgan fingerprint density at radius 1 is 0.861 bits per heavy atom. The van der Waals surface area contributed by atoms with Crippen LogP contribution in [0, 0.1) is 39.5 Å². The summed E-state index contributed by atoms with van der Waals surface area (Å²) in [7, 11) is 7.44. The van der Waals surface area contributed by atoms with Crippen molar-refractivity contribution in [3.8, 4) is 0 Å². The molecule has 6 unspecified atom stereocenters. The van der Waals surface area contributed by atoms with E-state index in [1.807, 2.05) is 0 Å². The van der Waals surface area contributed by atoms with Gasteiger partial charge in [-0.15, -0.1) is 0 Å². The fourth-order valence-electron chi connectivity index (χ4n) is 8.58. The molecule has 1 aromatic carbocycles. The van der Waals surface area contributed by atoms with E-state index in [0.29, 0.717) is 0 Å². The van der Waals surface area contributed by atoms with Gasteiger partial charge in [0.25, 0.3) is 0 Å². The second kappa shape index (κ2) is 15.8. The van der Waals surface area contributed by atoms with Gasteiger partial charge in [0.1, 0.15) is 0 Å². The minimum atomic E-state index is -1.24. The quantitative estimate of drug-likeness (QED) is 0.204. The van der Waals surface area contributed by atoms with Crippen molar-refractivity contribution in [2.45, 2.75) is 128 Å². The number of hydrogen-bond donors (Lipinski definition) is 0. The number of hydrogen-bond acceptors (Lipinski definition) is 0. The molecule has 0 saturated heterocycles. The SMILES string of the molecule is CCCCC1CCC([Si](C)(C)[Si](C)(C)C2CCC3C(c4ccccc4C)CCCC32)C1.[CH3-].[CH3-].[Cl][Zr+2][Cl]. The van der Waals surface area contributed by atoms with Gasteiger partial charge in [-0.3, -0.25) is 0 Å². The van der Waals surface area contributed by atoms with E-state index in [4.69, 9.17) is 17.0 Å². The van der Waals surface area contributed by atoms with Gasteiger partial charge >= 0.3 is 37.9 Å². The molecule has 3 fully saturated rings. The van der Waals surface area contributed by atoms with E-state index in [1.54, 1.807) is 43.2 Å². The average molecular weight is 647 g/mol. The van der Waals surface area contributed by atoms with Crippen LogP contribution in [0.25, 0.3) is 0 Å². The molecule has 0 radical (unpaired) electrons. The van der Waals surface area contributed by atoms with Gasteiger partial charge in [0.2, 0.25) is 0 Å². The maximum absolute atomic E-state index is 4.93. The van der Waals surface area contributed by atoms with Crippen LogP contribution in [-0.2, 0) is 20.8 Å². The van der Waals surface area contributed by atoms with Crippen LogP contribution < -0.4 is 0 Å². The van der Waals surface area contributed by atoms with Crippen molar-refractivity contribution in [3.63, 3.8) is 0 Å². The third-order valence-corrected chi connectivity index (χ3v) is 31.9. The van der Waals surface area contributed by atoms with E-state index in [0.717, 1.165) is 34.8 Å². The van der Waals surface area contributed by atoms with Crippen molar-refractivity contribution in [3.05, 3.63) is 50.2 Å². The number of benzene rings is 1. The fraction of sp³-hybridized carbons (Fsp3) is 0.742. The molecule has 0 heterocycles. The van der Waals surface area contributed by atoms with Crippen LogP contribution >= 0.6 is 17.0 Å². The summed E-state index contributed by atoms with van der Waals surface area (Å²) in [5.74, 6) is 3.95. The minimum absolute atomic E-state index is 0. The normalized spacial score (nSPS) is 29.7. The van der Waals surface area contributed by atoms with Crippen molar-refractivity contribution in [1.82, 2.24) is 0 Å². The van der Waals surface area contributed by atoms with Gasteiger partial charge < -0.3 is 14.9 Å². The topological polar surface area (TPSA) is 0 Å². The van der Waals surface area contributed by atoms with Crippen LogP contribution in [0.5, 0.6) is 0 Å². The summed E-state index contributed by atoms with van der Waals surface area (Å²) < 4.78 is 0. The molecule has 0 aromatic heterocycles. The molecule has 3 aliphatic carbocycles. The number of halogens is 2. The summed E-state index contributed by atoms with van der Waals surface area (Å²) >= 11 is -0.826. The first-order valence-corrected chi connectivity index (χ1v) is 27.7. The standard InChI is InChI=1S/C29H50Si2.2CH3.2ClH.Zr/c1-7-8-13-23-17-18-24(21-23)30(3,4)31(5,6)29-20-19-27-26(15-11-16-28(27)29)25-14-10-9-12-22(25)2;;;;;/h9-10,12,14,23-24,26-29H,7-8,11,13,15-21H2,1-6H3;2*1H3;2*1H;/q;2*-1;;;+4/p-2. The maximum atomic E-state index is 4.93. The molecule has 1 aromatic rings. The van der Waals surface area contributed by atoms with Gasteiger partial charge in [-0.05, 0) is 65.6 Å². The first-order valence-electron chi connectivity index (χ1n) is 14.2. The Morgan fingerprint density at radius 3 is 2.17 bits per heavy atom. The zero-order valence-corrected chi connectivity index (χ0v) is 30.8. The van der Waals surface area contributed by atoms with E-state index in [2.05, 4.69) is 64.3 Å². The summed E-state index contributed by atoms with van der Waals surface area (Å²) in [5.41, 5.74) is 5.49. The Balaban J connectivity index is 0.00000123. The van der Waals surface area contributed by atoms with Crippen molar-refractivity contribution in [2.75, 3.05) is 0 Å². The molecule has 4 rings (SSSR count). The van der Waals surface area contributed by atoms with Gasteiger partial charge in [0.15, 0.2) is 0 Å². The first kappa shape index (κ1) is 35.1. The fourth-order valence-corrected chi connectivity index (χ4v) is 22.7. The monoisotopic (exact) mass is 644 g/mol. The van der Waals surface area contributed by atoms with Gasteiger partial charge in [0, 0.05) is 15.2 Å². The number of aryl methyl sites for hydroxylation is 1. The molecule has 206 valence electrons. The molecule has 5 heteroatoms. The van der Waals surface area contributed by atoms with Crippen molar-refractivity contribution < 1.29 is 20.8 Å². The predicted molar refractivity (Wildman–Crippen MR) is 168 cm³/mol. The first-order chi connectivity index (χ1) is 16.2. The second-order valence-corrected chi connectivity index (χ2v) is 32.8. The van der Waals surface area contributed by atoms with Crippen molar-refractivity contribution in [2.24, 2.45) is 17.8 Å². The summed E-state index contributed by atoms with van der Waals surface area (Å²) in [6.07, 6.45) is 16.7. The molecule has 0 N–H and O–H groups in total. The van der Waals surface area contributed by atoms with Crippen LogP contribution in [0.3, 0.4) is 0 Å². The summed E-state index contributed by atoms with van der Waals surface area (Å²) in [6.45, 7) is 16.2. The third kappa shape index (κ3) is 7.65. The molecular formula is C31H56Cl2Si2Zr. The molecule has 0 nitrogen and oxygen atoms in total. The van der Waals surface area contributed by atoms with E-state index in [1.165, 1.54) is 38.5 Å². The van der Waals surface area contributed by atoms with Crippen molar-refractivity contribution in [1.29, 1.82) is 0 Å². The van der Waals surface area contributed by atoms with E-state index < -0.39 is 36.0 Å².